The fourth-order valence-corrected chi connectivity index (χ4v) is 2.75. The van der Waals surface area contributed by atoms with Crippen LogP contribution in [0.3, 0.4) is 0 Å². The van der Waals surface area contributed by atoms with Gasteiger partial charge in [-0.15, -0.1) is 0 Å². The molecule has 7 nitrogen and oxygen atoms in total. The van der Waals surface area contributed by atoms with Gasteiger partial charge in [-0.3, -0.25) is 4.79 Å². The van der Waals surface area contributed by atoms with Crippen LogP contribution in [-0.2, 0) is 0 Å². The number of H-pyrrole nitrogens is 1. The van der Waals surface area contributed by atoms with Gasteiger partial charge in [0.2, 0.25) is 11.7 Å². The van der Waals surface area contributed by atoms with Crippen LogP contribution < -0.4 is 4.74 Å². The van der Waals surface area contributed by atoms with Crippen molar-refractivity contribution in [2.24, 2.45) is 0 Å². The number of carbonyl (C=O) groups excluding carboxylic acids is 1. The van der Waals surface area contributed by atoms with Crippen molar-refractivity contribution in [1.29, 1.82) is 0 Å². The largest absolute Gasteiger partial charge is 0.481 e. The quantitative estimate of drug-likeness (QED) is 0.576. The van der Waals surface area contributed by atoms with Gasteiger partial charge in [0.1, 0.15) is 11.4 Å². The van der Waals surface area contributed by atoms with Crippen LogP contribution in [0.25, 0.3) is 22.2 Å². The minimum Gasteiger partial charge on any atom is -0.481 e. The molecule has 0 radical (unpaired) electrons. The summed E-state index contributed by atoms with van der Waals surface area (Å²) in [5.74, 6) is 0.886. The van der Waals surface area contributed by atoms with Crippen LogP contribution in [0.15, 0.2) is 47.4 Å². The van der Waals surface area contributed by atoms with Gasteiger partial charge >= 0.3 is 0 Å². The summed E-state index contributed by atoms with van der Waals surface area (Å²) >= 11 is 0. The molecule has 4 aromatic heterocycles. The fourth-order valence-electron chi connectivity index (χ4n) is 2.75. The predicted octanol–water partition coefficient (Wildman–Crippen LogP) is 3.16. The molecule has 4 aromatic rings. The predicted molar refractivity (Wildman–Crippen MR) is 90.5 cm³/mol. The van der Waals surface area contributed by atoms with E-state index >= 15 is 0 Å². The number of methoxy groups -OCH3 is 1. The van der Waals surface area contributed by atoms with Gasteiger partial charge < -0.3 is 14.2 Å². The average Bonchev–Trinajstić information content (AvgIpc) is 3.27. The van der Waals surface area contributed by atoms with Gasteiger partial charge in [0.05, 0.1) is 12.7 Å². The summed E-state index contributed by atoms with van der Waals surface area (Å²) in [6.45, 7) is 1.75. The number of pyridine rings is 2. The third-order valence-electron chi connectivity index (χ3n) is 3.94. The number of aromatic nitrogens is 4. The minimum absolute atomic E-state index is 0.223. The summed E-state index contributed by atoms with van der Waals surface area (Å²) < 4.78 is 10.1. The Balaban J connectivity index is 1.88. The highest BCUT2D eigenvalue weighted by Gasteiger charge is 2.20. The summed E-state index contributed by atoms with van der Waals surface area (Å²) in [5.41, 5.74) is 3.09. The zero-order valence-corrected chi connectivity index (χ0v) is 13.6. The molecule has 7 heteroatoms. The van der Waals surface area contributed by atoms with E-state index in [1.54, 1.807) is 44.8 Å². The molecule has 0 saturated heterocycles. The number of nitrogens with zero attached hydrogens (tertiary/aromatic N) is 3. The molecule has 0 saturated carbocycles. The van der Waals surface area contributed by atoms with Crippen molar-refractivity contribution >= 4 is 16.8 Å². The van der Waals surface area contributed by atoms with Gasteiger partial charge in [-0.25, -0.2) is 9.97 Å². The lowest BCUT2D eigenvalue weighted by molar-refractivity contribution is 0.103. The van der Waals surface area contributed by atoms with Crippen LogP contribution in [0.5, 0.6) is 5.88 Å². The number of hydrogen-bond donors (Lipinski definition) is 1. The Bertz CT molecular complexity index is 1060. The van der Waals surface area contributed by atoms with Crippen molar-refractivity contribution in [3.05, 3.63) is 59.9 Å². The molecule has 0 aliphatic heterocycles. The monoisotopic (exact) mass is 334 g/mol. The first kappa shape index (κ1) is 15.1. The van der Waals surface area contributed by atoms with Gasteiger partial charge in [0, 0.05) is 41.7 Å². The summed E-state index contributed by atoms with van der Waals surface area (Å²) in [6, 6.07) is 7.13. The van der Waals surface area contributed by atoms with Gasteiger partial charge in [-0.05, 0) is 24.6 Å². The summed E-state index contributed by atoms with van der Waals surface area (Å²) in [5, 5.41) is 4.54. The topological polar surface area (TPSA) is 93.9 Å². The van der Waals surface area contributed by atoms with Crippen LogP contribution in [0.1, 0.15) is 21.8 Å². The van der Waals surface area contributed by atoms with Crippen LogP contribution in [0.2, 0.25) is 0 Å². The Morgan fingerprint density at radius 2 is 2.12 bits per heavy atom. The molecule has 0 amide bonds. The lowest BCUT2D eigenvalue weighted by Gasteiger charge is -2.06. The minimum atomic E-state index is -0.223. The van der Waals surface area contributed by atoms with Gasteiger partial charge in [0.25, 0.3) is 0 Å². The van der Waals surface area contributed by atoms with E-state index in [2.05, 4.69) is 20.1 Å². The Labute approximate surface area is 142 Å². The zero-order valence-electron chi connectivity index (χ0n) is 13.6. The fraction of sp³-hybridized carbons (Fsp3) is 0.111. The third kappa shape index (κ3) is 2.55. The number of aryl methyl sites for hydroxylation is 1. The number of nitrogens with one attached hydrogen (secondary N) is 1. The molecule has 0 aliphatic rings. The maximum atomic E-state index is 12.8. The molecule has 0 spiro atoms. The second kappa shape index (κ2) is 5.86. The smallest absolute Gasteiger partial charge is 0.217 e. The van der Waals surface area contributed by atoms with E-state index in [4.69, 9.17) is 9.26 Å². The van der Waals surface area contributed by atoms with Crippen molar-refractivity contribution in [2.75, 3.05) is 7.11 Å². The maximum Gasteiger partial charge on any atom is 0.217 e. The molecule has 124 valence electrons. The van der Waals surface area contributed by atoms with Crippen LogP contribution in [0, 0.1) is 6.92 Å². The van der Waals surface area contributed by atoms with Gasteiger partial charge in [-0.1, -0.05) is 5.16 Å². The molecule has 25 heavy (non-hydrogen) atoms. The Morgan fingerprint density at radius 1 is 1.24 bits per heavy atom. The second-order valence-electron chi connectivity index (χ2n) is 5.53. The van der Waals surface area contributed by atoms with Crippen LogP contribution >= 0.6 is 0 Å². The van der Waals surface area contributed by atoms with E-state index in [1.807, 2.05) is 12.1 Å². The molecular formula is C18H14N4O3. The first-order valence-electron chi connectivity index (χ1n) is 7.62. The van der Waals surface area contributed by atoms with E-state index in [-0.39, 0.29) is 11.5 Å². The van der Waals surface area contributed by atoms with Crippen molar-refractivity contribution in [3.63, 3.8) is 0 Å². The molecule has 1 N–H and O–H groups in total. The molecule has 4 heterocycles. The molecule has 4 rings (SSSR count). The van der Waals surface area contributed by atoms with Crippen LogP contribution in [0.4, 0.5) is 0 Å². The lowest BCUT2D eigenvalue weighted by atomic mass is 10.00. The first-order chi connectivity index (χ1) is 12.2. The zero-order chi connectivity index (χ0) is 17.4. The number of ketones is 1. The highest BCUT2D eigenvalue weighted by molar-refractivity contribution is 6.17. The standard InChI is InChI=1S/C18H14N4O3/c1-10-7-14(22-25-10)17(23)13-9-21-18-16(13)12(5-6-19-18)11-3-4-15(24-2)20-8-11/h3-9H,1-2H3,(H,19,21). The second-order valence-corrected chi connectivity index (χ2v) is 5.53. The molecule has 0 aromatic carbocycles. The number of fused-ring (bicyclic) bond motifs is 1. The Kier molecular flexibility index (Phi) is 3.53. The molecule has 0 atom stereocenters. The van der Waals surface area contributed by atoms with E-state index in [9.17, 15) is 4.79 Å². The van der Waals surface area contributed by atoms with Crippen molar-refractivity contribution in [1.82, 2.24) is 20.1 Å². The summed E-state index contributed by atoms with van der Waals surface area (Å²) in [7, 11) is 1.56. The molecule has 0 unspecified atom stereocenters. The Hall–Kier alpha value is -3.48. The van der Waals surface area contributed by atoms with Gasteiger partial charge in [-0.2, -0.15) is 0 Å². The van der Waals surface area contributed by atoms with E-state index in [0.717, 1.165) is 16.5 Å². The molecule has 0 fully saturated rings. The summed E-state index contributed by atoms with van der Waals surface area (Å²) in [4.78, 5) is 24.4. The van der Waals surface area contributed by atoms with E-state index in [1.165, 1.54) is 0 Å². The third-order valence-corrected chi connectivity index (χ3v) is 3.94. The number of ether oxygens (including phenoxy) is 1. The van der Waals surface area contributed by atoms with Crippen molar-refractivity contribution in [2.45, 2.75) is 6.92 Å². The SMILES string of the molecule is COc1ccc(-c2ccnc3[nH]cc(C(=O)c4cc(C)on4)c23)cn1. The van der Waals surface area contributed by atoms with Gasteiger partial charge in [0.15, 0.2) is 5.69 Å². The summed E-state index contributed by atoms with van der Waals surface area (Å²) in [6.07, 6.45) is 5.03. The van der Waals surface area contributed by atoms with E-state index < -0.39 is 0 Å². The van der Waals surface area contributed by atoms with Crippen molar-refractivity contribution < 1.29 is 14.1 Å². The highest BCUT2D eigenvalue weighted by atomic mass is 16.5. The van der Waals surface area contributed by atoms with Crippen LogP contribution in [-0.4, -0.2) is 33.0 Å². The number of carbonyl (C=O) groups is 1. The van der Waals surface area contributed by atoms with Crippen molar-refractivity contribution in [3.8, 4) is 17.0 Å². The first-order valence-corrected chi connectivity index (χ1v) is 7.62. The maximum absolute atomic E-state index is 12.8. The normalized spacial score (nSPS) is 11.0. The molecular weight excluding hydrogens is 320 g/mol. The Morgan fingerprint density at radius 3 is 2.80 bits per heavy atom. The average molecular weight is 334 g/mol. The lowest BCUT2D eigenvalue weighted by Crippen LogP contribution is -2.01. The van der Waals surface area contributed by atoms with E-state index in [0.29, 0.717) is 22.9 Å². The number of rotatable bonds is 4. The number of aromatic amines is 1. The molecule has 0 bridgehead atoms. The highest BCUT2D eigenvalue weighted by Crippen LogP contribution is 2.31. The molecule has 0 aliphatic carbocycles. The number of hydrogen-bond acceptors (Lipinski definition) is 6.